The van der Waals surface area contributed by atoms with Gasteiger partial charge in [0.25, 0.3) is 0 Å². The molecule has 1 aromatic carbocycles. The summed E-state index contributed by atoms with van der Waals surface area (Å²) in [5.74, 6) is 1.89. The summed E-state index contributed by atoms with van der Waals surface area (Å²) < 4.78 is 5.91. The SMILES string of the molecule is Cc1ccc(C)c(OCCNC(=O)N2CCN(c3ccccn3)CC2)c1C. The van der Waals surface area contributed by atoms with E-state index >= 15 is 0 Å². The van der Waals surface area contributed by atoms with E-state index in [0.29, 0.717) is 26.2 Å². The first-order chi connectivity index (χ1) is 13.1. The van der Waals surface area contributed by atoms with Crippen molar-refractivity contribution in [1.82, 2.24) is 15.2 Å². The van der Waals surface area contributed by atoms with Crippen LogP contribution in [0.25, 0.3) is 0 Å². The number of pyridine rings is 1. The zero-order valence-corrected chi connectivity index (χ0v) is 16.4. The van der Waals surface area contributed by atoms with Gasteiger partial charge in [-0.25, -0.2) is 9.78 Å². The number of nitrogens with zero attached hydrogens (tertiary/aromatic N) is 3. The number of urea groups is 1. The zero-order valence-electron chi connectivity index (χ0n) is 16.4. The van der Waals surface area contributed by atoms with E-state index in [-0.39, 0.29) is 6.03 Å². The quantitative estimate of drug-likeness (QED) is 0.825. The molecule has 1 aliphatic heterocycles. The molecule has 0 unspecified atom stereocenters. The van der Waals surface area contributed by atoms with Crippen LogP contribution in [0.4, 0.5) is 10.6 Å². The van der Waals surface area contributed by atoms with Crippen LogP contribution in [-0.2, 0) is 0 Å². The van der Waals surface area contributed by atoms with Crippen LogP contribution < -0.4 is 15.0 Å². The maximum absolute atomic E-state index is 12.4. The van der Waals surface area contributed by atoms with Crippen molar-refractivity contribution in [3.63, 3.8) is 0 Å². The smallest absolute Gasteiger partial charge is 0.317 e. The Hall–Kier alpha value is -2.76. The van der Waals surface area contributed by atoms with Gasteiger partial charge in [-0.15, -0.1) is 0 Å². The van der Waals surface area contributed by atoms with Crippen LogP contribution in [0.2, 0.25) is 0 Å². The molecule has 0 atom stereocenters. The van der Waals surface area contributed by atoms with Crippen molar-refractivity contribution in [3.8, 4) is 5.75 Å². The van der Waals surface area contributed by atoms with Gasteiger partial charge in [0.15, 0.2) is 0 Å². The standard InChI is InChI=1S/C21H28N4O2/c1-16-7-8-17(2)20(18(16)3)27-15-10-23-21(26)25-13-11-24(12-14-25)19-6-4-5-9-22-19/h4-9H,10-15H2,1-3H3,(H,23,26). The van der Waals surface area contributed by atoms with Gasteiger partial charge in [0.2, 0.25) is 0 Å². The Morgan fingerprint density at radius 3 is 2.52 bits per heavy atom. The van der Waals surface area contributed by atoms with Crippen LogP contribution in [-0.4, -0.2) is 55.2 Å². The second kappa shape index (κ2) is 8.75. The number of carbonyl (C=O) groups is 1. The van der Waals surface area contributed by atoms with Gasteiger partial charge in [-0.1, -0.05) is 18.2 Å². The first-order valence-corrected chi connectivity index (χ1v) is 9.44. The van der Waals surface area contributed by atoms with Crippen LogP contribution in [0.15, 0.2) is 36.5 Å². The lowest BCUT2D eigenvalue weighted by molar-refractivity contribution is 0.191. The molecular weight excluding hydrogens is 340 g/mol. The minimum atomic E-state index is -0.0306. The fourth-order valence-corrected chi connectivity index (χ4v) is 3.25. The predicted octanol–water partition coefficient (Wildman–Crippen LogP) is 2.92. The van der Waals surface area contributed by atoms with Gasteiger partial charge in [0.05, 0.1) is 6.54 Å². The number of aryl methyl sites for hydroxylation is 2. The molecule has 144 valence electrons. The summed E-state index contributed by atoms with van der Waals surface area (Å²) in [4.78, 5) is 20.8. The van der Waals surface area contributed by atoms with Gasteiger partial charge in [-0.2, -0.15) is 0 Å². The highest BCUT2D eigenvalue weighted by Gasteiger charge is 2.21. The third kappa shape index (κ3) is 4.70. The van der Waals surface area contributed by atoms with E-state index in [0.717, 1.165) is 35.8 Å². The van der Waals surface area contributed by atoms with Crippen LogP contribution in [0.1, 0.15) is 16.7 Å². The molecule has 2 aromatic rings. The van der Waals surface area contributed by atoms with Crippen molar-refractivity contribution in [3.05, 3.63) is 53.2 Å². The van der Waals surface area contributed by atoms with E-state index in [2.05, 4.69) is 41.2 Å². The summed E-state index contributed by atoms with van der Waals surface area (Å²) in [6, 6.07) is 10.0. The lowest BCUT2D eigenvalue weighted by Crippen LogP contribution is -2.52. The number of aromatic nitrogens is 1. The lowest BCUT2D eigenvalue weighted by Gasteiger charge is -2.35. The predicted molar refractivity (Wildman–Crippen MR) is 108 cm³/mol. The highest BCUT2D eigenvalue weighted by atomic mass is 16.5. The molecule has 0 spiro atoms. The highest BCUT2D eigenvalue weighted by molar-refractivity contribution is 5.74. The molecule has 1 saturated heterocycles. The summed E-state index contributed by atoms with van der Waals surface area (Å²) in [7, 11) is 0. The number of hydrogen-bond acceptors (Lipinski definition) is 4. The Morgan fingerprint density at radius 1 is 1.07 bits per heavy atom. The van der Waals surface area contributed by atoms with E-state index in [9.17, 15) is 4.79 Å². The highest BCUT2D eigenvalue weighted by Crippen LogP contribution is 2.25. The molecule has 1 fully saturated rings. The second-order valence-electron chi connectivity index (χ2n) is 6.90. The first kappa shape index (κ1) is 19.0. The van der Waals surface area contributed by atoms with Crippen LogP contribution in [0.5, 0.6) is 5.75 Å². The molecule has 6 nitrogen and oxygen atoms in total. The Kier molecular flexibility index (Phi) is 6.16. The van der Waals surface area contributed by atoms with Crippen molar-refractivity contribution >= 4 is 11.8 Å². The van der Waals surface area contributed by atoms with Crippen LogP contribution in [0.3, 0.4) is 0 Å². The average molecular weight is 368 g/mol. The summed E-state index contributed by atoms with van der Waals surface area (Å²) in [5.41, 5.74) is 3.49. The molecule has 0 bridgehead atoms. The fraction of sp³-hybridized carbons (Fsp3) is 0.429. The molecule has 2 amide bonds. The van der Waals surface area contributed by atoms with Gasteiger partial charge < -0.3 is 19.9 Å². The van der Waals surface area contributed by atoms with Gasteiger partial charge in [0, 0.05) is 32.4 Å². The topological polar surface area (TPSA) is 57.7 Å². The van der Waals surface area contributed by atoms with Gasteiger partial charge in [-0.3, -0.25) is 0 Å². The number of benzene rings is 1. The van der Waals surface area contributed by atoms with Gasteiger partial charge in [0.1, 0.15) is 18.2 Å². The Balaban J connectivity index is 1.41. The number of ether oxygens (including phenoxy) is 1. The molecular formula is C21H28N4O2. The summed E-state index contributed by atoms with van der Waals surface area (Å²) >= 11 is 0. The normalized spacial score (nSPS) is 14.2. The minimum absolute atomic E-state index is 0.0306. The molecule has 1 aliphatic rings. The zero-order chi connectivity index (χ0) is 19.2. The van der Waals surface area contributed by atoms with Crippen molar-refractivity contribution in [2.45, 2.75) is 20.8 Å². The Labute approximate surface area is 161 Å². The second-order valence-corrected chi connectivity index (χ2v) is 6.90. The maximum Gasteiger partial charge on any atom is 0.317 e. The summed E-state index contributed by atoms with van der Waals surface area (Å²) in [5, 5.41) is 2.96. The monoisotopic (exact) mass is 368 g/mol. The molecule has 1 N–H and O–H groups in total. The molecule has 0 saturated carbocycles. The number of amides is 2. The summed E-state index contributed by atoms with van der Waals surface area (Å²) in [6.45, 7) is 10.1. The van der Waals surface area contributed by atoms with Crippen molar-refractivity contribution in [1.29, 1.82) is 0 Å². The average Bonchev–Trinajstić information content (AvgIpc) is 2.71. The molecule has 0 radical (unpaired) electrons. The number of rotatable bonds is 5. The van der Waals surface area contributed by atoms with Crippen LogP contribution in [0, 0.1) is 20.8 Å². The molecule has 2 heterocycles. The summed E-state index contributed by atoms with van der Waals surface area (Å²) in [6.07, 6.45) is 1.80. The number of carbonyl (C=O) groups excluding carboxylic acids is 1. The largest absolute Gasteiger partial charge is 0.491 e. The number of piperazine rings is 1. The van der Waals surface area contributed by atoms with Gasteiger partial charge >= 0.3 is 6.03 Å². The van der Waals surface area contributed by atoms with E-state index in [1.807, 2.05) is 30.0 Å². The van der Waals surface area contributed by atoms with E-state index in [1.165, 1.54) is 5.56 Å². The number of hydrogen-bond donors (Lipinski definition) is 1. The Morgan fingerprint density at radius 2 is 1.81 bits per heavy atom. The third-order valence-corrected chi connectivity index (χ3v) is 5.04. The third-order valence-electron chi connectivity index (χ3n) is 5.04. The first-order valence-electron chi connectivity index (χ1n) is 9.44. The molecule has 6 heteroatoms. The van der Waals surface area contributed by atoms with Crippen LogP contribution >= 0.6 is 0 Å². The van der Waals surface area contributed by atoms with Gasteiger partial charge in [-0.05, 0) is 49.6 Å². The molecule has 3 rings (SSSR count). The van der Waals surface area contributed by atoms with E-state index < -0.39 is 0 Å². The van der Waals surface area contributed by atoms with E-state index in [4.69, 9.17) is 4.74 Å². The molecule has 27 heavy (non-hydrogen) atoms. The Bertz CT molecular complexity index is 771. The maximum atomic E-state index is 12.4. The molecule has 1 aromatic heterocycles. The van der Waals surface area contributed by atoms with Crippen molar-refractivity contribution < 1.29 is 9.53 Å². The number of anilines is 1. The minimum Gasteiger partial charge on any atom is -0.491 e. The molecule has 0 aliphatic carbocycles. The lowest BCUT2D eigenvalue weighted by atomic mass is 10.1. The van der Waals surface area contributed by atoms with E-state index in [1.54, 1.807) is 6.20 Å². The number of nitrogens with one attached hydrogen (secondary N) is 1. The van der Waals surface area contributed by atoms with Crippen molar-refractivity contribution in [2.75, 3.05) is 44.2 Å². The fourth-order valence-electron chi connectivity index (χ4n) is 3.25. The van der Waals surface area contributed by atoms with Crippen molar-refractivity contribution in [2.24, 2.45) is 0 Å².